The number of aliphatic imine (C=N–C) groups is 2. The zero-order valence-electron chi connectivity index (χ0n) is 8.54. The van der Waals surface area contributed by atoms with Crippen LogP contribution in [0.3, 0.4) is 0 Å². The summed E-state index contributed by atoms with van der Waals surface area (Å²) in [4.78, 5) is 7.62. The second-order valence-corrected chi connectivity index (χ2v) is 4.21. The number of rotatable bonds is 1. The van der Waals surface area contributed by atoms with E-state index in [1.165, 1.54) is 0 Å². The van der Waals surface area contributed by atoms with Gasteiger partial charge in [0.05, 0.1) is 15.2 Å². The molecule has 1 aromatic rings. The molecule has 0 amide bonds. The zero-order chi connectivity index (χ0) is 12.3. The lowest BCUT2D eigenvalue weighted by atomic mass is 10.2. The molecule has 0 unspecified atom stereocenters. The summed E-state index contributed by atoms with van der Waals surface area (Å²) in [6, 6.07) is 3.59. The first-order valence-corrected chi connectivity index (χ1v) is 5.47. The molecule has 0 aliphatic carbocycles. The molecule has 0 spiro atoms. The van der Waals surface area contributed by atoms with Gasteiger partial charge < -0.3 is 17.2 Å². The van der Waals surface area contributed by atoms with E-state index in [1.54, 1.807) is 6.07 Å². The predicted octanol–water partition coefficient (Wildman–Crippen LogP) is 1.63. The molecule has 0 aliphatic heterocycles. The van der Waals surface area contributed by atoms with Crippen molar-refractivity contribution in [2.24, 2.45) is 27.2 Å². The largest absolute Gasteiger partial charge is 0.370 e. The van der Waals surface area contributed by atoms with E-state index in [-0.39, 0.29) is 11.9 Å². The number of hydrogen-bond donors (Lipinski definition) is 3. The Kier molecular flexibility index (Phi) is 4.14. The summed E-state index contributed by atoms with van der Waals surface area (Å²) in [5.41, 5.74) is 17.3. The van der Waals surface area contributed by atoms with E-state index in [9.17, 15) is 0 Å². The van der Waals surface area contributed by atoms with E-state index >= 15 is 0 Å². The number of hydrogen-bond acceptors (Lipinski definition) is 1. The van der Waals surface area contributed by atoms with Gasteiger partial charge in [-0.15, -0.1) is 0 Å². The average molecular weight is 305 g/mol. The topological polar surface area (TPSA) is 103 Å². The summed E-state index contributed by atoms with van der Waals surface area (Å²) < 4.78 is 0.655. The Bertz CT molecular complexity index is 465. The first kappa shape index (κ1) is 12.8. The Morgan fingerprint density at radius 1 is 1.31 bits per heavy atom. The number of aryl methyl sites for hydroxylation is 1. The average Bonchev–Trinajstić information content (AvgIpc) is 2.18. The van der Waals surface area contributed by atoms with Crippen molar-refractivity contribution in [2.75, 3.05) is 0 Å². The molecule has 0 aliphatic rings. The summed E-state index contributed by atoms with van der Waals surface area (Å²) in [5, 5.41) is 0.582. The third-order valence-electron chi connectivity index (χ3n) is 1.73. The number of guanidine groups is 2. The SMILES string of the molecule is Cc1ccc(N=C(N)N=C(N)N)c(Br)c1Cl. The first-order chi connectivity index (χ1) is 7.41. The van der Waals surface area contributed by atoms with Gasteiger partial charge in [-0.05, 0) is 34.5 Å². The molecule has 0 saturated heterocycles. The van der Waals surface area contributed by atoms with E-state index in [2.05, 4.69) is 25.9 Å². The van der Waals surface area contributed by atoms with Crippen molar-refractivity contribution in [3.63, 3.8) is 0 Å². The molecule has 0 saturated carbocycles. The number of nitrogens with two attached hydrogens (primary N) is 3. The standard InChI is InChI=1S/C9H11BrClN5/c1-4-2-3-5(6(10)7(4)11)15-9(14)16-8(12)13/h2-3H,1H3,(H6,12,13,14,15,16). The van der Waals surface area contributed by atoms with Crippen molar-refractivity contribution in [2.45, 2.75) is 6.92 Å². The highest BCUT2D eigenvalue weighted by Gasteiger charge is 2.06. The van der Waals surface area contributed by atoms with Crippen LogP contribution >= 0.6 is 27.5 Å². The summed E-state index contributed by atoms with van der Waals surface area (Å²) >= 11 is 9.35. The van der Waals surface area contributed by atoms with E-state index < -0.39 is 0 Å². The van der Waals surface area contributed by atoms with E-state index in [0.717, 1.165) is 5.56 Å². The molecule has 16 heavy (non-hydrogen) atoms. The van der Waals surface area contributed by atoms with Gasteiger partial charge in [0.2, 0.25) is 5.96 Å². The Morgan fingerprint density at radius 2 is 1.94 bits per heavy atom. The summed E-state index contributed by atoms with van der Waals surface area (Å²) in [6.07, 6.45) is 0. The Labute approximate surface area is 107 Å². The molecular formula is C9H11BrClN5. The van der Waals surface area contributed by atoms with Crippen LogP contribution in [0.1, 0.15) is 5.56 Å². The van der Waals surface area contributed by atoms with Gasteiger partial charge in [0.1, 0.15) is 0 Å². The van der Waals surface area contributed by atoms with Crippen LogP contribution in [0.25, 0.3) is 0 Å². The molecule has 0 heterocycles. The van der Waals surface area contributed by atoms with Crippen LogP contribution in [0.4, 0.5) is 5.69 Å². The van der Waals surface area contributed by atoms with Crippen LogP contribution in [0.2, 0.25) is 5.02 Å². The highest BCUT2D eigenvalue weighted by atomic mass is 79.9. The van der Waals surface area contributed by atoms with Gasteiger partial charge in [0.15, 0.2) is 5.96 Å². The van der Waals surface area contributed by atoms with Gasteiger partial charge in [-0.3, -0.25) is 0 Å². The summed E-state index contributed by atoms with van der Waals surface area (Å²) in [7, 11) is 0. The molecule has 5 nitrogen and oxygen atoms in total. The Balaban J connectivity index is 3.17. The fourth-order valence-electron chi connectivity index (χ4n) is 1.00. The molecule has 6 N–H and O–H groups in total. The maximum absolute atomic E-state index is 6.03. The van der Waals surface area contributed by atoms with E-state index in [0.29, 0.717) is 15.2 Å². The molecule has 0 fully saturated rings. The minimum Gasteiger partial charge on any atom is -0.370 e. The van der Waals surface area contributed by atoms with Gasteiger partial charge >= 0.3 is 0 Å². The fourth-order valence-corrected chi connectivity index (χ4v) is 1.70. The molecule has 0 atom stereocenters. The highest BCUT2D eigenvalue weighted by Crippen LogP contribution is 2.34. The van der Waals surface area contributed by atoms with Crippen LogP contribution < -0.4 is 17.2 Å². The molecular weight excluding hydrogens is 293 g/mol. The lowest BCUT2D eigenvalue weighted by molar-refractivity contribution is 1.35. The quantitative estimate of drug-likeness (QED) is 0.542. The van der Waals surface area contributed by atoms with E-state index in [1.807, 2.05) is 13.0 Å². The molecule has 7 heteroatoms. The molecule has 0 bridgehead atoms. The van der Waals surface area contributed by atoms with Crippen molar-refractivity contribution >= 4 is 45.1 Å². The Hall–Kier alpha value is -1.27. The van der Waals surface area contributed by atoms with Gasteiger partial charge in [0.25, 0.3) is 0 Å². The second kappa shape index (κ2) is 5.18. The van der Waals surface area contributed by atoms with Crippen molar-refractivity contribution in [1.29, 1.82) is 0 Å². The zero-order valence-corrected chi connectivity index (χ0v) is 10.9. The monoisotopic (exact) mass is 303 g/mol. The summed E-state index contributed by atoms with van der Waals surface area (Å²) in [5.74, 6) is -0.170. The smallest absolute Gasteiger partial charge is 0.223 e. The van der Waals surface area contributed by atoms with Crippen LogP contribution in [0.15, 0.2) is 26.6 Å². The van der Waals surface area contributed by atoms with E-state index in [4.69, 9.17) is 28.8 Å². The molecule has 1 aromatic carbocycles. The van der Waals surface area contributed by atoms with Crippen molar-refractivity contribution in [3.8, 4) is 0 Å². The number of halogens is 2. The van der Waals surface area contributed by atoms with Crippen molar-refractivity contribution in [1.82, 2.24) is 0 Å². The maximum atomic E-state index is 6.03. The second-order valence-electron chi connectivity index (χ2n) is 3.04. The number of nitrogens with zero attached hydrogens (tertiary/aromatic N) is 2. The lowest BCUT2D eigenvalue weighted by Gasteiger charge is -2.04. The first-order valence-electron chi connectivity index (χ1n) is 4.30. The van der Waals surface area contributed by atoms with Crippen LogP contribution in [-0.2, 0) is 0 Å². The van der Waals surface area contributed by atoms with Crippen LogP contribution in [0, 0.1) is 6.92 Å². The van der Waals surface area contributed by atoms with Crippen molar-refractivity contribution in [3.05, 3.63) is 27.2 Å². The van der Waals surface area contributed by atoms with Crippen molar-refractivity contribution < 1.29 is 0 Å². The highest BCUT2D eigenvalue weighted by molar-refractivity contribution is 9.10. The van der Waals surface area contributed by atoms with Crippen LogP contribution in [0.5, 0.6) is 0 Å². The minimum atomic E-state index is -0.143. The molecule has 86 valence electrons. The number of benzene rings is 1. The predicted molar refractivity (Wildman–Crippen MR) is 71.0 cm³/mol. The van der Waals surface area contributed by atoms with Gasteiger partial charge in [-0.2, -0.15) is 4.99 Å². The fraction of sp³-hybridized carbons (Fsp3) is 0.111. The van der Waals surface area contributed by atoms with Gasteiger partial charge in [-0.1, -0.05) is 17.7 Å². The van der Waals surface area contributed by atoms with Gasteiger partial charge in [0, 0.05) is 0 Å². The molecule has 0 radical (unpaired) electrons. The summed E-state index contributed by atoms with van der Waals surface area (Å²) in [6.45, 7) is 1.89. The molecule has 1 rings (SSSR count). The lowest BCUT2D eigenvalue weighted by Crippen LogP contribution is -2.26. The third kappa shape index (κ3) is 3.11. The minimum absolute atomic E-state index is 0.0272. The molecule has 0 aromatic heterocycles. The Morgan fingerprint density at radius 3 is 2.50 bits per heavy atom. The normalized spacial score (nSPS) is 11.3. The maximum Gasteiger partial charge on any atom is 0.223 e. The van der Waals surface area contributed by atoms with Crippen LogP contribution in [-0.4, -0.2) is 11.9 Å². The third-order valence-corrected chi connectivity index (χ3v) is 3.25. The van der Waals surface area contributed by atoms with Gasteiger partial charge in [-0.25, -0.2) is 4.99 Å².